The highest BCUT2D eigenvalue weighted by molar-refractivity contribution is 5.80. The summed E-state index contributed by atoms with van der Waals surface area (Å²) in [5.41, 5.74) is 0.184. The summed E-state index contributed by atoms with van der Waals surface area (Å²) < 4.78 is 4.80. The van der Waals surface area contributed by atoms with Crippen molar-refractivity contribution in [3.8, 4) is 6.07 Å². The molecule has 0 spiro atoms. The van der Waals surface area contributed by atoms with Gasteiger partial charge in [-0.3, -0.25) is 10.1 Å². The molecule has 7 nitrogen and oxygen atoms in total. The number of nitrogens with zero attached hydrogens (tertiary/aromatic N) is 2. The highest BCUT2D eigenvalue weighted by atomic mass is 16.6. The van der Waals surface area contributed by atoms with Crippen molar-refractivity contribution in [3.63, 3.8) is 0 Å². The lowest BCUT2D eigenvalue weighted by molar-refractivity contribution is -0.384. The molecule has 0 radical (unpaired) electrons. The molecular weight excluding hydrogens is 250 g/mol. The molecule has 0 heterocycles. The topological polar surface area (TPSA) is 105 Å². The van der Waals surface area contributed by atoms with Gasteiger partial charge in [0.1, 0.15) is 11.7 Å². The van der Waals surface area contributed by atoms with Gasteiger partial charge >= 0.3 is 5.97 Å². The number of nitrogens with one attached hydrogen (secondary N) is 1. The third-order valence-electron chi connectivity index (χ3n) is 2.33. The number of hydrogen-bond donors (Lipinski definition) is 1. The number of ether oxygens (including phenoxy) is 1. The minimum Gasteiger partial charge on any atom is -0.464 e. The maximum absolute atomic E-state index is 11.5. The Morgan fingerprint density at radius 2 is 2.32 bits per heavy atom. The average Bonchev–Trinajstić information content (AvgIpc) is 2.38. The molecule has 0 fully saturated rings. The average molecular weight is 263 g/mol. The van der Waals surface area contributed by atoms with E-state index in [1.54, 1.807) is 6.92 Å². The molecule has 1 aromatic rings. The van der Waals surface area contributed by atoms with E-state index in [4.69, 9.17) is 10.00 Å². The SMILES string of the molecule is CCOC(=O)C(C)Nc1cc(C#N)ccc1[N+](=O)[O-]. The zero-order valence-electron chi connectivity index (χ0n) is 10.5. The lowest BCUT2D eigenvalue weighted by Crippen LogP contribution is -2.28. The minimum absolute atomic E-state index is 0.115. The van der Waals surface area contributed by atoms with Crippen molar-refractivity contribution in [2.75, 3.05) is 11.9 Å². The summed E-state index contributed by atoms with van der Waals surface area (Å²) in [7, 11) is 0. The van der Waals surface area contributed by atoms with Crippen molar-refractivity contribution in [3.05, 3.63) is 33.9 Å². The second kappa shape index (κ2) is 6.35. The van der Waals surface area contributed by atoms with Gasteiger partial charge in [-0.05, 0) is 26.0 Å². The zero-order valence-corrected chi connectivity index (χ0v) is 10.5. The van der Waals surface area contributed by atoms with E-state index in [0.717, 1.165) is 0 Å². The van der Waals surface area contributed by atoms with Crippen molar-refractivity contribution < 1.29 is 14.5 Å². The number of nitro benzene ring substituents is 1. The van der Waals surface area contributed by atoms with Crippen LogP contribution in [0.4, 0.5) is 11.4 Å². The second-order valence-corrected chi connectivity index (χ2v) is 3.72. The maximum atomic E-state index is 11.5. The van der Waals surface area contributed by atoms with E-state index in [1.807, 2.05) is 6.07 Å². The summed E-state index contributed by atoms with van der Waals surface area (Å²) in [4.78, 5) is 21.7. The largest absolute Gasteiger partial charge is 0.464 e. The fourth-order valence-corrected chi connectivity index (χ4v) is 1.44. The van der Waals surface area contributed by atoms with Gasteiger partial charge in [0.25, 0.3) is 5.69 Å². The van der Waals surface area contributed by atoms with Crippen molar-refractivity contribution in [1.82, 2.24) is 0 Å². The molecule has 0 saturated heterocycles. The van der Waals surface area contributed by atoms with E-state index in [0.29, 0.717) is 0 Å². The molecule has 19 heavy (non-hydrogen) atoms. The van der Waals surface area contributed by atoms with Gasteiger partial charge < -0.3 is 10.1 Å². The van der Waals surface area contributed by atoms with Gasteiger partial charge in [-0.2, -0.15) is 5.26 Å². The Balaban J connectivity index is 3.01. The molecule has 1 atom stereocenters. The van der Waals surface area contributed by atoms with Crippen molar-refractivity contribution in [1.29, 1.82) is 5.26 Å². The molecule has 0 saturated carbocycles. The summed E-state index contributed by atoms with van der Waals surface area (Å²) in [5, 5.41) is 22.3. The van der Waals surface area contributed by atoms with E-state index in [1.165, 1.54) is 25.1 Å². The first kappa shape index (κ1) is 14.4. The van der Waals surface area contributed by atoms with Gasteiger partial charge in [-0.1, -0.05) is 0 Å². The molecule has 7 heteroatoms. The number of benzene rings is 1. The van der Waals surface area contributed by atoms with Crippen LogP contribution >= 0.6 is 0 Å². The van der Waals surface area contributed by atoms with Crippen LogP contribution in [0.5, 0.6) is 0 Å². The third kappa shape index (κ3) is 3.67. The Hall–Kier alpha value is -2.62. The smallest absolute Gasteiger partial charge is 0.328 e. The van der Waals surface area contributed by atoms with Gasteiger partial charge in [-0.25, -0.2) is 4.79 Å². The number of nitro groups is 1. The normalized spacial score (nSPS) is 11.2. The van der Waals surface area contributed by atoms with E-state index in [9.17, 15) is 14.9 Å². The molecule has 0 aliphatic heterocycles. The second-order valence-electron chi connectivity index (χ2n) is 3.72. The lowest BCUT2D eigenvalue weighted by atomic mass is 10.1. The van der Waals surface area contributed by atoms with E-state index in [2.05, 4.69) is 5.32 Å². The Morgan fingerprint density at radius 1 is 1.63 bits per heavy atom. The minimum atomic E-state index is -0.743. The predicted octanol–water partition coefficient (Wildman–Crippen LogP) is 1.83. The molecule has 100 valence electrons. The zero-order chi connectivity index (χ0) is 14.4. The number of anilines is 1. The van der Waals surface area contributed by atoms with E-state index < -0.39 is 16.9 Å². The summed E-state index contributed by atoms with van der Waals surface area (Å²) in [6.45, 7) is 3.43. The number of carbonyl (C=O) groups excluding carboxylic acids is 1. The van der Waals surface area contributed by atoms with Crippen LogP contribution in [0.3, 0.4) is 0 Å². The summed E-state index contributed by atoms with van der Waals surface area (Å²) in [6, 6.07) is 5.03. The van der Waals surface area contributed by atoms with Crippen LogP contribution < -0.4 is 5.32 Å². The first-order chi connectivity index (χ1) is 8.99. The molecule has 0 bridgehead atoms. The van der Waals surface area contributed by atoms with Crippen LogP contribution in [0.15, 0.2) is 18.2 Å². The summed E-state index contributed by atoms with van der Waals surface area (Å²) in [6.07, 6.45) is 0. The number of nitriles is 1. The molecule has 0 aliphatic rings. The first-order valence-corrected chi connectivity index (χ1v) is 5.61. The number of rotatable bonds is 5. The Labute approximate surface area is 109 Å². The van der Waals surface area contributed by atoms with Gasteiger partial charge in [0.05, 0.1) is 23.2 Å². The molecule has 1 rings (SSSR count). The molecule has 0 amide bonds. The van der Waals surface area contributed by atoms with Gasteiger partial charge in [-0.15, -0.1) is 0 Å². The number of esters is 1. The molecule has 1 unspecified atom stereocenters. The molecule has 1 N–H and O–H groups in total. The van der Waals surface area contributed by atoms with Gasteiger partial charge in [0, 0.05) is 6.07 Å². The number of hydrogen-bond acceptors (Lipinski definition) is 6. The monoisotopic (exact) mass is 263 g/mol. The maximum Gasteiger partial charge on any atom is 0.328 e. The van der Waals surface area contributed by atoms with Gasteiger partial charge in [0.2, 0.25) is 0 Å². The third-order valence-corrected chi connectivity index (χ3v) is 2.33. The first-order valence-electron chi connectivity index (χ1n) is 5.61. The quantitative estimate of drug-likeness (QED) is 0.493. The number of carbonyl (C=O) groups is 1. The van der Waals surface area contributed by atoms with Gasteiger partial charge in [0.15, 0.2) is 0 Å². The highest BCUT2D eigenvalue weighted by Gasteiger charge is 2.20. The fraction of sp³-hybridized carbons (Fsp3) is 0.333. The van der Waals surface area contributed by atoms with Crippen LogP contribution in [-0.2, 0) is 9.53 Å². The van der Waals surface area contributed by atoms with Crippen LogP contribution in [0.25, 0.3) is 0 Å². The van der Waals surface area contributed by atoms with Crippen molar-refractivity contribution >= 4 is 17.3 Å². The fourth-order valence-electron chi connectivity index (χ4n) is 1.44. The molecule has 1 aromatic carbocycles. The Morgan fingerprint density at radius 3 is 2.84 bits per heavy atom. The van der Waals surface area contributed by atoms with Crippen LogP contribution in [0, 0.1) is 21.4 Å². The highest BCUT2D eigenvalue weighted by Crippen LogP contribution is 2.26. The molecule has 0 aromatic heterocycles. The van der Waals surface area contributed by atoms with Crippen LogP contribution in [0.1, 0.15) is 19.4 Å². The van der Waals surface area contributed by atoms with Crippen molar-refractivity contribution in [2.45, 2.75) is 19.9 Å². The predicted molar refractivity (Wildman–Crippen MR) is 67.5 cm³/mol. The molecular formula is C12H13N3O4. The Bertz CT molecular complexity index is 536. The van der Waals surface area contributed by atoms with E-state index in [-0.39, 0.29) is 23.5 Å². The lowest BCUT2D eigenvalue weighted by Gasteiger charge is -2.14. The van der Waals surface area contributed by atoms with Crippen molar-refractivity contribution in [2.24, 2.45) is 0 Å². The molecule has 0 aliphatic carbocycles. The van der Waals surface area contributed by atoms with Crippen LogP contribution in [-0.4, -0.2) is 23.5 Å². The van der Waals surface area contributed by atoms with E-state index >= 15 is 0 Å². The standard InChI is InChI=1S/C12H13N3O4/c1-3-19-12(16)8(2)14-10-6-9(7-13)4-5-11(10)15(17)18/h4-6,8,14H,3H2,1-2H3. The Kier molecular flexibility index (Phi) is 4.83. The summed E-state index contributed by atoms with van der Waals surface area (Å²) >= 11 is 0. The summed E-state index contributed by atoms with van der Waals surface area (Å²) in [5.74, 6) is -0.515. The van der Waals surface area contributed by atoms with Crippen LogP contribution in [0.2, 0.25) is 0 Å².